The van der Waals surface area contributed by atoms with Crippen LogP contribution in [0.4, 0.5) is 0 Å². The van der Waals surface area contributed by atoms with Crippen molar-refractivity contribution in [1.82, 2.24) is 10.2 Å². The molecule has 0 atom stereocenters. The Kier molecular flexibility index (Phi) is 8.97. The number of hydrogen-bond acceptors (Lipinski definition) is 3. The van der Waals surface area contributed by atoms with Crippen LogP contribution < -0.4 is 5.32 Å². The standard InChI is InChI=1S/C16H28N2S/c1-4-11-17-14-15-7-9-16(10-8-15)19-13-12-18(5-2)6-3/h7-10,17H,4-6,11-14H2,1-3H3. The normalized spacial score (nSPS) is 11.2. The molecule has 0 aliphatic heterocycles. The fourth-order valence-electron chi connectivity index (χ4n) is 1.95. The van der Waals surface area contributed by atoms with Crippen LogP contribution in [0.1, 0.15) is 32.8 Å². The highest BCUT2D eigenvalue weighted by molar-refractivity contribution is 7.99. The first-order valence-electron chi connectivity index (χ1n) is 7.44. The first-order valence-corrected chi connectivity index (χ1v) is 8.43. The average Bonchev–Trinajstić information content (AvgIpc) is 2.45. The molecule has 0 heterocycles. The molecule has 108 valence electrons. The fraction of sp³-hybridized carbons (Fsp3) is 0.625. The number of benzene rings is 1. The predicted molar refractivity (Wildman–Crippen MR) is 87.0 cm³/mol. The van der Waals surface area contributed by atoms with Crippen LogP contribution >= 0.6 is 11.8 Å². The van der Waals surface area contributed by atoms with Crippen molar-refractivity contribution in [3.63, 3.8) is 0 Å². The van der Waals surface area contributed by atoms with Crippen LogP contribution in [0.15, 0.2) is 29.2 Å². The smallest absolute Gasteiger partial charge is 0.0205 e. The molecule has 0 aromatic heterocycles. The zero-order chi connectivity index (χ0) is 13.9. The lowest BCUT2D eigenvalue weighted by atomic mass is 10.2. The van der Waals surface area contributed by atoms with E-state index in [-0.39, 0.29) is 0 Å². The molecule has 0 spiro atoms. The molecule has 0 aliphatic rings. The second-order valence-corrected chi connectivity index (χ2v) is 5.86. The van der Waals surface area contributed by atoms with Gasteiger partial charge >= 0.3 is 0 Å². The summed E-state index contributed by atoms with van der Waals surface area (Å²) in [6.45, 7) is 12.2. The van der Waals surface area contributed by atoms with E-state index in [1.54, 1.807) is 0 Å². The van der Waals surface area contributed by atoms with Gasteiger partial charge in [-0.3, -0.25) is 0 Å². The highest BCUT2D eigenvalue weighted by Crippen LogP contribution is 2.18. The van der Waals surface area contributed by atoms with Crippen LogP contribution in [0.3, 0.4) is 0 Å². The van der Waals surface area contributed by atoms with E-state index >= 15 is 0 Å². The van der Waals surface area contributed by atoms with Crippen LogP contribution in [0.5, 0.6) is 0 Å². The van der Waals surface area contributed by atoms with Gasteiger partial charge in [0.2, 0.25) is 0 Å². The molecule has 1 aromatic carbocycles. The van der Waals surface area contributed by atoms with E-state index in [1.807, 2.05) is 11.8 Å². The maximum absolute atomic E-state index is 3.43. The van der Waals surface area contributed by atoms with Gasteiger partial charge in [-0.15, -0.1) is 11.8 Å². The molecule has 1 N–H and O–H groups in total. The van der Waals surface area contributed by atoms with Gasteiger partial charge in [0.05, 0.1) is 0 Å². The van der Waals surface area contributed by atoms with Crippen LogP contribution in [0.2, 0.25) is 0 Å². The zero-order valence-electron chi connectivity index (χ0n) is 12.6. The van der Waals surface area contributed by atoms with E-state index in [1.165, 1.54) is 29.2 Å². The van der Waals surface area contributed by atoms with Gasteiger partial charge in [0.1, 0.15) is 0 Å². The summed E-state index contributed by atoms with van der Waals surface area (Å²) in [7, 11) is 0. The molecule has 0 saturated carbocycles. The van der Waals surface area contributed by atoms with Gasteiger partial charge in [0.15, 0.2) is 0 Å². The third-order valence-electron chi connectivity index (χ3n) is 3.25. The molecular formula is C16H28N2S. The molecule has 0 amide bonds. The number of hydrogen-bond donors (Lipinski definition) is 1. The van der Waals surface area contributed by atoms with Crippen molar-refractivity contribution in [3.05, 3.63) is 29.8 Å². The van der Waals surface area contributed by atoms with Crippen molar-refractivity contribution < 1.29 is 0 Å². The minimum atomic E-state index is 0.984. The third kappa shape index (κ3) is 7.00. The monoisotopic (exact) mass is 280 g/mol. The van der Waals surface area contributed by atoms with Crippen molar-refractivity contribution in [2.45, 2.75) is 38.6 Å². The minimum absolute atomic E-state index is 0.984. The SMILES string of the molecule is CCCNCc1ccc(SCCN(CC)CC)cc1. The van der Waals surface area contributed by atoms with Crippen LogP contribution in [-0.2, 0) is 6.54 Å². The first-order chi connectivity index (χ1) is 9.30. The summed E-state index contributed by atoms with van der Waals surface area (Å²) in [5, 5.41) is 3.43. The molecule has 2 nitrogen and oxygen atoms in total. The Hall–Kier alpha value is -0.510. The van der Waals surface area contributed by atoms with Crippen molar-refractivity contribution in [1.29, 1.82) is 0 Å². The van der Waals surface area contributed by atoms with Gasteiger partial charge in [0, 0.05) is 23.7 Å². The van der Waals surface area contributed by atoms with E-state index in [0.29, 0.717) is 0 Å². The third-order valence-corrected chi connectivity index (χ3v) is 4.24. The Labute approximate surface area is 123 Å². The highest BCUT2D eigenvalue weighted by atomic mass is 32.2. The molecule has 0 bridgehead atoms. The molecule has 0 radical (unpaired) electrons. The average molecular weight is 280 g/mol. The maximum Gasteiger partial charge on any atom is 0.0205 e. The van der Waals surface area contributed by atoms with Crippen LogP contribution in [0.25, 0.3) is 0 Å². The van der Waals surface area contributed by atoms with E-state index in [2.05, 4.69) is 55.3 Å². The van der Waals surface area contributed by atoms with E-state index in [4.69, 9.17) is 0 Å². The summed E-state index contributed by atoms with van der Waals surface area (Å²) in [6.07, 6.45) is 1.19. The van der Waals surface area contributed by atoms with E-state index < -0.39 is 0 Å². The fourth-order valence-corrected chi connectivity index (χ4v) is 2.86. The summed E-state index contributed by atoms with van der Waals surface area (Å²) in [4.78, 5) is 3.85. The van der Waals surface area contributed by atoms with Gasteiger partial charge in [-0.1, -0.05) is 32.9 Å². The van der Waals surface area contributed by atoms with Crippen LogP contribution in [0, 0.1) is 0 Å². The lowest BCUT2D eigenvalue weighted by Gasteiger charge is -2.17. The maximum atomic E-state index is 3.43. The number of nitrogens with zero attached hydrogens (tertiary/aromatic N) is 1. The van der Waals surface area contributed by atoms with Crippen molar-refractivity contribution in [2.75, 3.05) is 31.9 Å². The zero-order valence-corrected chi connectivity index (χ0v) is 13.4. The second kappa shape index (κ2) is 10.3. The van der Waals surface area contributed by atoms with Crippen molar-refractivity contribution >= 4 is 11.8 Å². The van der Waals surface area contributed by atoms with E-state index in [9.17, 15) is 0 Å². The summed E-state index contributed by atoms with van der Waals surface area (Å²) in [5.74, 6) is 1.18. The Bertz CT molecular complexity index is 320. The van der Waals surface area contributed by atoms with Gasteiger partial charge in [-0.05, 0) is 43.8 Å². The first kappa shape index (κ1) is 16.5. The number of rotatable bonds is 10. The Morgan fingerprint density at radius 3 is 2.32 bits per heavy atom. The lowest BCUT2D eigenvalue weighted by molar-refractivity contribution is 0.324. The molecule has 1 rings (SSSR count). The molecule has 0 saturated heterocycles. The van der Waals surface area contributed by atoms with Gasteiger partial charge < -0.3 is 10.2 Å². The summed E-state index contributed by atoms with van der Waals surface area (Å²) in [6, 6.07) is 8.97. The van der Waals surface area contributed by atoms with E-state index in [0.717, 1.165) is 26.2 Å². The molecule has 19 heavy (non-hydrogen) atoms. The largest absolute Gasteiger partial charge is 0.313 e. The molecule has 3 heteroatoms. The highest BCUT2D eigenvalue weighted by Gasteiger charge is 2.00. The second-order valence-electron chi connectivity index (χ2n) is 4.70. The van der Waals surface area contributed by atoms with Gasteiger partial charge in [0.25, 0.3) is 0 Å². The molecule has 0 aliphatic carbocycles. The van der Waals surface area contributed by atoms with Gasteiger partial charge in [-0.25, -0.2) is 0 Å². The van der Waals surface area contributed by atoms with Crippen molar-refractivity contribution in [3.8, 4) is 0 Å². The van der Waals surface area contributed by atoms with Gasteiger partial charge in [-0.2, -0.15) is 0 Å². The summed E-state index contributed by atoms with van der Waals surface area (Å²) in [5.41, 5.74) is 1.38. The van der Waals surface area contributed by atoms with Crippen molar-refractivity contribution in [2.24, 2.45) is 0 Å². The molecular weight excluding hydrogens is 252 g/mol. The summed E-state index contributed by atoms with van der Waals surface area (Å²) >= 11 is 1.95. The topological polar surface area (TPSA) is 15.3 Å². The molecule has 1 aromatic rings. The minimum Gasteiger partial charge on any atom is -0.313 e. The number of nitrogens with one attached hydrogen (secondary N) is 1. The molecule has 0 fully saturated rings. The number of thioether (sulfide) groups is 1. The van der Waals surface area contributed by atoms with Crippen LogP contribution in [-0.4, -0.2) is 36.8 Å². The lowest BCUT2D eigenvalue weighted by Crippen LogP contribution is -2.25. The Morgan fingerprint density at radius 2 is 1.74 bits per heavy atom. The quantitative estimate of drug-likeness (QED) is 0.520. The predicted octanol–water partition coefficient (Wildman–Crippen LogP) is 3.62. The summed E-state index contributed by atoms with van der Waals surface area (Å²) < 4.78 is 0. The Morgan fingerprint density at radius 1 is 1.05 bits per heavy atom. The molecule has 0 unspecified atom stereocenters. The Balaban J connectivity index is 2.27.